The molecule has 1 saturated carbocycles. The molecule has 108 valence electrons. The summed E-state index contributed by atoms with van der Waals surface area (Å²) in [6.07, 6.45) is 2.64. The first-order valence-electron chi connectivity index (χ1n) is 6.99. The molecule has 1 aliphatic carbocycles. The number of carbonyl (C=O) groups excluding carboxylic acids is 2. The van der Waals surface area contributed by atoms with Crippen molar-refractivity contribution in [3.63, 3.8) is 0 Å². The van der Waals surface area contributed by atoms with Gasteiger partial charge in [0, 0.05) is 32.0 Å². The van der Waals surface area contributed by atoms with Gasteiger partial charge in [0.25, 0.3) is 0 Å². The second-order valence-electron chi connectivity index (χ2n) is 5.46. The number of aliphatic hydroxyl groups is 2. The van der Waals surface area contributed by atoms with E-state index in [1.807, 2.05) is 0 Å². The number of β-amino-alcohol motifs (C(OH)–C–C–N with tert-alkyl or cyclic N) is 2. The van der Waals surface area contributed by atoms with Gasteiger partial charge < -0.3 is 20.4 Å². The predicted octanol–water partition coefficient (Wildman–Crippen LogP) is -0.753. The van der Waals surface area contributed by atoms with Gasteiger partial charge in [-0.1, -0.05) is 12.8 Å². The van der Waals surface area contributed by atoms with E-state index in [0.717, 1.165) is 25.7 Å². The maximum atomic E-state index is 11.8. The average Bonchev–Trinajstić information content (AvgIpc) is 3.00. The van der Waals surface area contributed by atoms with E-state index in [4.69, 9.17) is 0 Å². The van der Waals surface area contributed by atoms with Gasteiger partial charge in [-0.25, -0.2) is 0 Å². The maximum absolute atomic E-state index is 11.8. The zero-order valence-electron chi connectivity index (χ0n) is 11.0. The molecule has 1 heterocycles. The van der Waals surface area contributed by atoms with Crippen LogP contribution in [0.2, 0.25) is 0 Å². The van der Waals surface area contributed by atoms with E-state index < -0.39 is 12.2 Å². The van der Waals surface area contributed by atoms with Crippen LogP contribution >= 0.6 is 0 Å². The van der Waals surface area contributed by atoms with Crippen LogP contribution in [0.25, 0.3) is 0 Å². The molecule has 2 atom stereocenters. The summed E-state index contributed by atoms with van der Waals surface area (Å²) in [6.45, 7) is 0.685. The Morgan fingerprint density at radius 1 is 1.11 bits per heavy atom. The zero-order chi connectivity index (χ0) is 13.8. The second kappa shape index (κ2) is 6.34. The van der Waals surface area contributed by atoms with Crippen molar-refractivity contribution >= 4 is 11.8 Å². The van der Waals surface area contributed by atoms with Gasteiger partial charge in [0.1, 0.15) is 0 Å². The van der Waals surface area contributed by atoms with Crippen LogP contribution in [0.1, 0.15) is 32.1 Å². The lowest BCUT2D eigenvalue weighted by molar-refractivity contribution is -0.130. The number of hydrogen-bond acceptors (Lipinski definition) is 4. The fourth-order valence-electron chi connectivity index (χ4n) is 2.76. The Bertz CT molecular complexity index is 332. The standard InChI is InChI=1S/C13H22N2O4/c16-10-7-15(8-11(10)17)12(18)5-6-14-13(19)9-3-1-2-4-9/h9-11,16-17H,1-8H2,(H,14,19). The number of amides is 2. The Labute approximate surface area is 112 Å². The fourth-order valence-corrected chi connectivity index (χ4v) is 2.76. The number of aliphatic hydroxyl groups excluding tert-OH is 2. The van der Waals surface area contributed by atoms with Crippen LogP contribution in [0.15, 0.2) is 0 Å². The molecule has 2 rings (SSSR count). The Kier molecular flexibility index (Phi) is 4.76. The van der Waals surface area contributed by atoms with Crippen molar-refractivity contribution in [1.29, 1.82) is 0 Å². The Balaban J connectivity index is 1.65. The van der Waals surface area contributed by atoms with Crippen molar-refractivity contribution < 1.29 is 19.8 Å². The van der Waals surface area contributed by atoms with Crippen LogP contribution in [-0.2, 0) is 9.59 Å². The molecule has 6 nitrogen and oxygen atoms in total. The van der Waals surface area contributed by atoms with Crippen molar-refractivity contribution in [2.75, 3.05) is 19.6 Å². The highest BCUT2D eigenvalue weighted by atomic mass is 16.3. The van der Waals surface area contributed by atoms with Gasteiger partial charge in [0.2, 0.25) is 11.8 Å². The van der Waals surface area contributed by atoms with Crippen LogP contribution in [0.4, 0.5) is 0 Å². The maximum Gasteiger partial charge on any atom is 0.224 e. The molecular formula is C13H22N2O4. The molecular weight excluding hydrogens is 248 g/mol. The van der Waals surface area contributed by atoms with Crippen molar-refractivity contribution in [2.45, 2.75) is 44.3 Å². The summed E-state index contributed by atoms with van der Waals surface area (Å²) >= 11 is 0. The van der Waals surface area contributed by atoms with E-state index in [9.17, 15) is 19.8 Å². The second-order valence-corrected chi connectivity index (χ2v) is 5.46. The Morgan fingerprint density at radius 3 is 2.26 bits per heavy atom. The van der Waals surface area contributed by atoms with Crippen molar-refractivity contribution in [2.24, 2.45) is 5.92 Å². The van der Waals surface area contributed by atoms with Gasteiger partial charge in [-0.05, 0) is 12.8 Å². The monoisotopic (exact) mass is 270 g/mol. The van der Waals surface area contributed by atoms with Gasteiger partial charge in [0.15, 0.2) is 0 Å². The summed E-state index contributed by atoms with van der Waals surface area (Å²) in [6, 6.07) is 0. The van der Waals surface area contributed by atoms with Gasteiger partial charge in [-0.15, -0.1) is 0 Å². The molecule has 6 heteroatoms. The SMILES string of the molecule is O=C(NCCC(=O)N1CC(O)C(O)C1)C1CCCC1. The van der Waals surface area contributed by atoms with Gasteiger partial charge in [-0.3, -0.25) is 9.59 Å². The van der Waals surface area contributed by atoms with Crippen LogP contribution in [-0.4, -0.2) is 58.8 Å². The minimum Gasteiger partial charge on any atom is -0.388 e. The first-order valence-corrected chi connectivity index (χ1v) is 6.99. The van der Waals surface area contributed by atoms with E-state index in [-0.39, 0.29) is 37.2 Å². The lowest BCUT2D eigenvalue weighted by Crippen LogP contribution is -2.35. The molecule has 1 aliphatic heterocycles. The van der Waals surface area contributed by atoms with Crippen LogP contribution in [0.5, 0.6) is 0 Å². The highest BCUT2D eigenvalue weighted by molar-refractivity contribution is 5.80. The molecule has 3 N–H and O–H groups in total. The molecule has 19 heavy (non-hydrogen) atoms. The van der Waals surface area contributed by atoms with Crippen molar-refractivity contribution in [1.82, 2.24) is 10.2 Å². The zero-order valence-corrected chi connectivity index (χ0v) is 11.0. The molecule has 1 saturated heterocycles. The third kappa shape index (κ3) is 3.67. The van der Waals surface area contributed by atoms with Gasteiger partial charge >= 0.3 is 0 Å². The molecule has 0 aromatic rings. The first-order chi connectivity index (χ1) is 9.08. The van der Waals surface area contributed by atoms with Gasteiger partial charge in [-0.2, -0.15) is 0 Å². The van der Waals surface area contributed by atoms with E-state index in [2.05, 4.69) is 5.32 Å². The molecule has 2 amide bonds. The third-order valence-corrected chi connectivity index (χ3v) is 3.98. The number of hydrogen-bond donors (Lipinski definition) is 3. The van der Waals surface area contributed by atoms with Crippen molar-refractivity contribution in [3.05, 3.63) is 0 Å². The smallest absolute Gasteiger partial charge is 0.224 e. The van der Waals surface area contributed by atoms with Crippen LogP contribution < -0.4 is 5.32 Å². The fraction of sp³-hybridized carbons (Fsp3) is 0.846. The summed E-state index contributed by atoms with van der Waals surface area (Å²) in [4.78, 5) is 25.0. The van der Waals surface area contributed by atoms with E-state index in [1.165, 1.54) is 4.90 Å². The molecule has 0 aromatic heterocycles. The van der Waals surface area contributed by atoms with E-state index in [1.54, 1.807) is 0 Å². The van der Waals surface area contributed by atoms with Crippen LogP contribution in [0, 0.1) is 5.92 Å². The average molecular weight is 270 g/mol. The molecule has 0 aromatic carbocycles. The summed E-state index contributed by atoms with van der Waals surface area (Å²) < 4.78 is 0. The summed E-state index contributed by atoms with van der Waals surface area (Å²) in [7, 11) is 0. The Morgan fingerprint density at radius 2 is 1.68 bits per heavy atom. The van der Waals surface area contributed by atoms with E-state index >= 15 is 0 Å². The minimum atomic E-state index is -0.850. The summed E-state index contributed by atoms with van der Waals surface area (Å²) in [5.41, 5.74) is 0. The minimum absolute atomic E-state index is 0.0480. The summed E-state index contributed by atoms with van der Waals surface area (Å²) in [5.74, 6) is 0.0275. The molecule has 0 radical (unpaired) electrons. The number of carbonyl (C=O) groups is 2. The third-order valence-electron chi connectivity index (χ3n) is 3.98. The predicted molar refractivity (Wildman–Crippen MR) is 68.2 cm³/mol. The quantitative estimate of drug-likeness (QED) is 0.627. The lowest BCUT2D eigenvalue weighted by Gasteiger charge is -2.16. The highest BCUT2D eigenvalue weighted by Gasteiger charge is 2.32. The lowest BCUT2D eigenvalue weighted by atomic mass is 10.1. The normalized spacial score (nSPS) is 27.8. The van der Waals surface area contributed by atoms with Crippen molar-refractivity contribution in [3.8, 4) is 0 Å². The topological polar surface area (TPSA) is 89.9 Å². The molecule has 0 spiro atoms. The largest absolute Gasteiger partial charge is 0.388 e. The number of rotatable bonds is 4. The van der Waals surface area contributed by atoms with E-state index in [0.29, 0.717) is 6.54 Å². The molecule has 2 unspecified atom stereocenters. The van der Waals surface area contributed by atoms with Gasteiger partial charge in [0.05, 0.1) is 12.2 Å². The number of nitrogens with one attached hydrogen (secondary N) is 1. The highest BCUT2D eigenvalue weighted by Crippen LogP contribution is 2.24. The van der Waals surface area contributed by atoms with Crippen LogP contribution in [0.3, 0.4) is 0 Å². The Hall–Kier alpha value is -1.14. The molecule has 2 fully saturated rings. The molecule has 2 aliphatic rings. The number of nitrogens with zero attached hydrogens (tertiary/aromatic N) is 1. The number of likely N-dealkylation sites (tertiary alicyclic amines) is 1. The summed E-state index contributed by atoms with van der Waals surface area (Å²) in [5, 5.41) is 21.5. The first kappa shape index (κ1) is 14.3. The molecule has 0 bridgehead atoms.